The van der Waals surface area contributed by atoms with E-state index in [9.17, 15) is 0 Å². The lowest BCUT2D eigenvalue weighted by Gasteiger charge is -2.43. The molecule has 0 rings (SSSR count). The minimum absolute atomic E-state index is 0.398. The van der Waals surface area contributed by atoms with Crippen molar-refractivity contribution in [1.82, 2.24) is 0 Å². The van der Waals surface area contributed by atoms with Crippen molar-refractivity contribution in [3.8, 4) is 0 Å². The smallest absolute Gasteiger partial charge is 0.00721 e. The molecule has 68 valence electrons. The third-order valence-corrected chi connectivity index (χ3v) is 4.60. The first kappa shape index (κ1) is 11.4. The molecule has 0 aliphatic heterocycles. The summed E-state index contributed by atoms with van der Waals surface area (Å²) in [5.74, 6) is 0. The SMILES string of the molecule is CSC(C)C(C)(C)C(C)(C)C. The highest BCUT2D eigenvalue weighted by molar-refractivity contribution is 7.99. The second kappa shape index (κ2) is 3.38. The van der Waals surface area contributed by atoms with Gasteiger partial charge in [-0.1, -0.05) is 41.5 Å². The summed E-state index contributed by atoms with van der Waals surface area (Å²) in [6, 6.07) is 0. The van der Waals surface area contributed by atoms with E-state index in [4.69, 9.17) is 0 Å². The Morgan fingerprint density at radius 3 is 1.45 bits per heavy atom. The number of hydrogen-bond donors (Lipinski definition) is 0. The quantitative estimate of drug-likeness (QED) is 0.613. The Labute approximate surface area is 76.1 Å². The van der Waals surface area contributed by atoms with Gasteiger partial charge in [-0.05, 0) is 17.1 Å². The van der Waals surface area contributed by atoms with Crippen molar-refractivity contribution in [2.75, 3.05) is 6.26 Å². The Bertz CT molecular complexity index is 119. The lowest BCUT2D eigenvalue weighted by molar-refractivity contribution is 0.134. The molecule has 0 fully saturated rings. The first-order valence-corrected chi connectivity index (χ1v) is 5.55. The molecule has 0 spiro atoms. The molecule has 0 aliphatic carbocycles. The van der Waals surface area contributed by atoms with Crippen LogP contribution in [0, 0.1) is 10.8 Å². The van der Waals surface area contributed by atoms with Crippen LogP contribution in [0.2, 0.25) is 0 Å². The van der Waals surface area contributed by atoms with Crippen LogP contribution < -0.4 is 0 Å². The molecule has 1 atom stereocenters. The van der Waals surface area contributed by atoms with E-state index in [2.05, 4.69) is 47.8 Å². The summed E-state index contributed by atoms with van der Waals surface area (Å²) in [6.45, 7) is 14.0. The molecule has 0 N–H and O–H groups in total. The molecule has 0 aromatic heterocycles. The monoisotopic (exact) mass is 174 g/mol. The first-order valence-electron chi connectivity index (χ1n) is 4.26. The van der Waals surface area contributed by atoms with E-state index in [1.807, 2.05) is 11.8 Å². The minimum atomic E-state index is 0.398. The molecule has 11 heavy (non-hydrogen) atoms. The van der Waals surface area contributed by atoms with Gasteiger partial charge in [0.1, 0.15) is 0 Å². The standard InChI is InChI=1S/C10H22S/c1-8(11-7)10(5,6)9(2,3)4/h8H,1-7H3. The molecule has 0 saturated heterocycles. The zero-order valence-electron chi connectivity index (χ0n) is 8.99. The third-order valence-electron chi connectivity index (χ3n) is 3.30. The summed E-state index contributed by atoms with van der Waals surface area (Å²) in [5.41, 5.74) is 0.807. The molecular weight excluding hydrogens is 152 g/mol. The molecule has 0 aromatic carbocycles. The lowest BCUT2D eigenvalue weighted by Crippen LogP contribution is -2.37. The van der Waals surface area contributed by atoms with Crippen molar-refractivity contribution in [3.05, 3.63) is 0 Å². The van der Waals surface area contributed by atoms with Gasteiger partial charge >= 0.3 is 0 Å². The maximum Gasteiger partial charge on any atom is 0.00721 e. The van der Waals surface area contributed by atoms with Gasteiger partial charge in [0.2, 0.25) is 0 Å². The van der Waals surface area contributed by atoms with Gasteiger partial charge in [-0.3, -0.25) is 0 Å². The van der Waals surface area contributed by atoms with E-state index in [0.29, 0.717) is 10.8 Å². The summed E-state index contributed by atoms with van der Waals surface area (Å²) in [7, 11) is 0. The van der Waals surface area contributed by atoms with E-state index < -0.39 is 0 Å². The van der Waals surface area contributed by atoms with Gasteiger partial charge in [0.25, 0.3) is 0 Å². The number of rotatable bonds is 2. The van der Waals surface area contributed by atoms with E-state index in [0.717, 1.165) is 5.25 Å². The predicted molar refractivity (Wildman–Crippen MR) is 56.2 cm³/mol. The second-order valence-corrected chi connectivity index (χ2v) is 6.03. The Morgan fingerprint density at radius 2 is 1.36 bits per heavy atom. The molecule has 0 amide bonds. The van der Waals surface area contributed by atoms with E-state index >= 15 is 0 Å². The van der Waals surface area contributed by atoms with Gasteiger partial charge < -0.3 is 0 Å². The Balaban J connectivity index is 4.45. The molecule has 0 aromatic rings. The largest absolute Gasteiger partial charge is 0.162 e. The number of thioether (sulfide) groups is 1. The zero-order chi connectivity index (χ0) is 9.28. The van der Waals surface area contributed by atoms with Crippen LogP contribution in [0.3, 0.4) is 0 Å². The normalized spacial score (nSPS) is 16.6. The highest BCUT2D eigenvalue weighted by atomic mass is 32.2. The maximum absolute atomic E-state index is 2.36. The average molecular weight is 174 g/mol. The topological polar surface area (TPSA) is 0 Å². The van der Waals surface area contributed by atoms with Crippen LogP contribution >= 0.6 is 11.8 Å². The lowest BCUT2D eigenvalue weighted by atomic mass is 9.67. The van der Waals surface area contributed by atoms with Gasteiger partial charge in [0, 0.05) is 5.25 Å². The van der Waals surface area contributed by atoms with Crippen molar-refractivity contribution in [1.29, 1.82) is 0 Å². The first-order chi connectivity index (χ1) is 4.73. The van der Waals surface area contributed by atoms with E-state index in [1.54, 1.807) is 0 Å². The summed E-state index contributed by atoms with van der Waals surface area (Å²) >= 11 is 1.96. The average Bonchev–Trinajstić information content (AvgIpc) is 1.83. The second-order valence-electron chi connectivity index (χ2n) is 4.85. The van der Waals surface area contributed by atoms with Gasteiger partial charge in [-0.25, -0.2) is 0 Å². The molecular formula is C10H22S. The van der Waals surface area contributed by atoms with Crippen LogP contribution in [-0.2, 0) is 0 Å². The Morgan fingerprint density at radius 1 is 1.00 bits per heavy atom. The van der Waals surface area contributed by atoms with Gasteiger partial charge in [0.15, 0.2) is 0 Å². The molecule has 0 aliphatic rings. The van der Waals surface area contributed by atoms with Crippen LogP contribution in [0.1, 0.15) is 41.5 Å². The van der Waals surface area contributed by atoms with Gasteiger partial charge in [-0.15, -0.1) is 0 Å². The fourth-order valence-corrected chi connectivity index (χ4v) is 1.85. The number of hydrogen-bond acceptors (Lipinski definition) is 1. The predicted octanol–water partition coefficient (Wildman–Crippen LogP) is 3.81. The van der Waals surface area contributed by atoms with Crippen molar-refractivity contribution in [2.45, 2.75) is 46.8 Å². The van der Waals surface area contributed by atoms with Crippen LogP contribution in [0.25, 0.3) is 0 Å². The maximum atomic E-state index is 2.36. The van der Waals surface area contributed by atoms with Crippen molar-refractivity contribution < 1.29 is 0 Å². The van der Waals surface area contributed by atoms with Crippen LogP contribution in [0.5, 0.6) is 0 Å². The summed E-state index contributed by atoms with van der Waals surface area (Å²) in [5, 5.41) is 0.725. The van der Waals surface area contributed by atoms with E-state index in [1.165, 1.54) is 0 Å². The summed E-state index contributed by atoms with van der Waals surface area (Å²) in [6.07, 6.45) is 2.19. The molecule has 0 bridgehead atoms. The summed E-state index contributed by atoms with van der Waals surface area (Å²) in [4.78, 5) is 0. The molecule has 1 unspecified atom stereocenters. The third kappa shape index (κ3) is 2.40. The molecule has 1 heteroatoms. The fourth-order valence-electron chi connectivity index (χ4n) is 0.904. The molecule has 0 nitrogen and oxygen atoms in total. The summed E-state index contributed by atoms with van der Waals surface area (Å²) < 4.78 is 0. The highest BCUT2D eigenvalue weighted by Crippen LogP contribution is 2.44. The zero-order valence-corrected chi connectivity index (χ0v) is 9.80. The Hall–Kier alpha value is 0.350. The van der Waals surface area contributed by atoms with Crippen molar-refractivity contribution in [3.63, 3.8) is 0 Å². The molecule has 0 heterocycles. The Kier molecular flexibility index (Phi) is 3.49. The van der Waals surface area contributed by atoms with Crippen molar-refractivity contribution in [2.24, 2.45) is 10.8 Å². The van der Waals surface area contributed by atoms with Gasteiger partial charge in [-0.2, -0.15) is 11.8 Å². The van der Waals surface area contributed by atoms with Crippen molar-refractivity contribution >= 4 is 11.8 Å². The molecule has 0 saturated carbocycles. The van der Waals surface area contributed by atoms with Crippen LogP contribution in [0.15, 0.2) is 0 Å². The fraction of sp³-hybridized carbons (Fsp3) is 1.00. The van der Waals surface area contributed by atoms with Crippen LogP contribution in [0.4, 0.5) is 0 Å². The van der Waals surface area contributed by atoms with Crippen LogP contribution in [-0.4, -0.2) is 11.5 Å². The highest BCUT2D eigenvalue weighted by Gasteiger charge is 2.37. The minimum Gasteiger partial charge on any atom is -0.162 e. The van der Waals surface area contributed by atoms with Gasteiger partial charge in [0.05, 0.1) is 0 Å². The van der Waals surface area contributed by atoms with E-state index in [-0.39, 0.29) is 0 Å². The molecule has 0 radical (unpaired) electrons.